The van der Waals surface area contributed by atoms with E-state index in [1.807, 2.05) is 0 Å². The van der Waals surface area contributed by atoms with E-state index in [-0.39, 0.29) is 5.82 Å². The number of carbonyl (C=O) groups is 1. The van der Waals surface area contributed by atoms with Crippen molar-refractivity contribution in [1.29, 1.82) is 0 Å². The first-order valence-corrected chi connectivity index (χ1v) is 6.86. The van der Waals surface area contributed by atoms with Crippen molar-refractivity contribution < 1.29 is 14.3 Å². The fourth-order valence-corrected chi connectivity index (χ4v) is 2.17. The first-order chi connectivity index (χ1) is 11.1. The van der Waals surface area contributed by atoms with Crippen LogP contribution in [0.5, 0.6) is 0 Å². The maximum absolute atomic E-state index is 13.1. The average molecular weight is 315 g/mol. The van der Waals surface area contributed by atoms with E-state index < -0.39 is 18.6 Å². The summed E-state index contributed by atoms with van der Waals surface area (Å²) < 4.78 is 14.6. The number of amides is 1. The van der Waals surface area contributed by atoms with Gasteiger partial charge < -0.3 is 16.2 Å². The molecule has 0 saturated carbocycles. The summed E-state index contributed by atoms with van der Waals surface area (Å²) in [5.74, 6) is -0.586. The third-order valence-electron chi connectivity index (χ3n) is 3.35. The lowest BCUT2D eigenvalue weighted by Crippen LogP contribution is -2.38. The highest BCUT2D eigenvalue weighted by Gasteiger charge is 2.16. The minimum Gasteiger partial charge on any atom is -0.394 e. The molecule has 3 aromatic rings. The molecular formula is C15H14FN5O2. The number of carbonyl (C=O) groups excluding carboxylic acids is 1. The monoisotopic (exact) mass is 315 g/mol. The molecule has 0 aliphatic heterocycles. The number of halogens is 1. The molecule has 23 heavy (non-hydrogen) atoms. The molecule has 1 aromatic carbocycles. The number of nitrogens with two attached hydrogens (primary N) is 1. The largest absolute Gasteiger partial charge is 0.394 e. The number of hydrogen-bond donors (Lipinski definition) is 3. The van der Waals surface area contributed by atoms with E-state index in [4.69, 9.17) is 5.73 Å². The zero-order valence-electron chi connectivity index (χ0n) is 12.0. The zero-order valence-corrected chi connectivity index (χ0v) is 12.0. The summed E-state index contributed by atoms with van der Waals surface area (Å²) in [5.41, 5.74) is 7.05. The molecule has 118 valence electrons. The topological polar surface area (TPSA) is 106 Å². The van der Waals surface area contributed by atoms with Gasteiger partial charge in [-0.05, 0) is 24.3 Å². The van der Waals surface area contributed by atoms with Crippen molar-refractivity contribution in [3.05, 3.63) is 48.4 Å². The van der Waals surface area contributed by atoms with Gasteiger partial charge in [-0.2, -0.15) is 9.61 Å². The summed E-state index contributed by atoms with van der Waals surface area (Å²) in [6, 6.07) is 8.27. The summed E-state index contributed by atoms with van der Waals surface area (Å²) in [4.78, 5) is 15.7. The third-order valence-corrected chi connectivity index (χ3v) is 3.35. The fourth-order valence-electron chi connectivity index (χ4n) is 2.17. The van der Waals surface area contributed by atoms with Gasteiger partial charge in [-0.25, -0.2) is 9.37 Å². The van der Waals surface area contributed by atoms with Gasteiger partial charge in [0.15, 0.2) is 5.65 Å². The van der Waals surface area contributed by atoms with Gasteiger partial charge in [0.25, 0.3) is 0 Å². The Morgan fingerprint density at radius 3 is 2.74 bits per heavy atom. The number of anilines is 1. The second-order valence-corrected chi connectivity index (χ2v) is 4.92. The Morgan fingerprint density at radius 2 is 2.09 bits per heavy atom. The van der Waals surface area contributed by atoms with Crippen LogP contribution in [0, 0.1) is 5.82 Å². The predicted molar refractivity (Wildman–Crippen MR) is 82.1 cm³/mol. The number of hydrogen-bond acceptors (Lipinski definition) is 5. The summed E-state index contributed by atoms with van der Waals surface area (Å²) in [5, 5.41) is 16.2. The summed E-state index contributed by atoms with van der Waals surface area (Å²) in [7, 11) is 0. The molecule has 7 nitrogen and oxygen atoms in total. The first-order valence-electron chi connectivity index (χ1n) is 6.86. The van der Waals surface area contributed by atoms with Gasteiger partial charge in [-0.1, -0.05) is 0 Å². The Kier molecular flexibility index (Phi) is 3.90. The van der Waals surface area contributed by atoms with E-state index in [0.717, 1.165) is 0 Å². The van der Waals surface area contributed by atoms with Gasteiger partial charge in [0, 0.05) is 17.7 Å². The van der Waals surface area contributed by atoms with E-state index in [9.17, 15) is 14.3 Å². The number of rotatable bonds is 5. The molecule has 0 saturated heterocycles. The maximum atomic E-state index is 13.1. The van der Waals surface area contributed by atoms with Crippen LogP contribution in [0.15, 0.2) is 42.6 Å². The zero-order chi connectivity index (χ0) is 16.4. The highest BCUT2D eigenvalue weighted by molar-refractivity contribution is 5.83. The van der Waals surface area contributed by atoms with Gasteiger partial charge in [-0.3, -0.25) is 4.79 Å². The molecule has 0 fully saturated rings. The fraction of sp³-hybridized carbons (Fsp3) is 0.133. The summed E-state index contributed by atoms with van der Waals surface area (Å²) >= 11 is 0. The van der Waals surface area contributed by atoms with Gasteiger partial charge in [-0.15, -0.1) is 0 Å². The summed E-state index contributed by atoms with van der Waals surface area (Å²) in [6.45, 7) is -0.452. The molecular weight excluding hydrogens is 301 g/mol. The minimum atomic E-state index is -0.953. The highest BCUT2D eigenvalue weighted by atomic mass is 19.1. The Labute approximate surface area is 130 Å². The molecule has 2 heterocycles. The number of fused-ring (bicyclic) bond motifs is 1. The molecule has 0 bridgehead atoms. The number of nitrogens with zero attached hydrogens (tertiary/aromatic N) is 3. The van der Waals surface area contributed by atoms with Crippen LogP contribution in [0.1, 0.15) is 0 Å². The highest BCUT2D eigenvalue weighted by Crippen LogP contribution is 2.22. The van der Waals surface area contributed by atoms with Crippen LogP contribution in [-0.2, 0) is 4.79 Å². The molecule has 0 spiro atoms. The van der Waals surface area contributed by atoms with Crippen molar-refractivity contribution in [2.24, 2.45) is 5.73 Å². The van der Waals surface area contributed by atoms with Gasteiger partial charge >= 0.3 is 0 Å². The van der Waals surface area contributed by atoms with E-state index in [2.05, 4.69) is 15.4 Å². The van der Waals surface area contributed by atoms with Crippen molar-refractivity contribution in [2.45, 2.75) is 6.04 Å². The Morgan fingerprint density at radius 1 is 1.35 bits per heavy atom. The van der Waals surface area contributed by atoms with Gasteiger partial charge in [0.2, 0.25) is 5.91 Å². The molecule has 1 atom stereocenters. The van der Waals surface area contributed by atoms with Crippen LogP contribution < -0.4 is 11.1 Å². The van der Waals surface area contributed by atoms with Crippen LogP contribution in [-0.4, -0.2) is 38.3 Å². The number of primary amides is 1. The second-order valence-electron chi connectivity index (χ2n) is 4.92. The predicted octanol–water partition coefficient (Wildman–Crippen LogP) is 0.793. The van der Waals surface area contributed by atoms with E-state index >= 15 is 0 Å². The van der Waals surface area contributed by atoms with Gasteiger partial charge in [0.1, 0.15) is 17.7 Å². The lowest BCUT2D eigenvalue weighted by molar-refractivity contribution is -0.119. The number of nitrogens with one attached hydrogen (secondary N) is 1. The van der Waals surface area contributed by atoms with Crippen LogP contribution in [0.4, 0.5) is 10.2 Å². The van der Waals surface area contributed by atoms with Crippen molar-refractivity contribution >= 4 is 17.4 Å². The standard InChI is InChI=1S/C15H14FN5O2/c16-10-3-1-9(2-4-10)11-7-14(20-12(8-22)15(17)23)21-13(19-11)5-6-18-21/h1-7,12,20,22H,8H2,(H2,17,23). The van der Waals surface area contributed by atoms with Crippen LogP contribution in [0.2, 0.25) is 0 Å². The van der Waals surface area contributed by atoms with Crippen LogP contribution in [0.25, 0.3) is 16.9 Å². The molecule has 2 aromatic heterocycles. The SMILES string of the molecule is NC(=O)C(CO)Nc1cc(-c2ccc(F)cc2)nc2ccnn12. The number of benzene rings is 1. The first kappa shape index (κ1) is 14.9. The van der Waals surface area contributed by atoms with Crippen molar-refractivity contribution in [3.8, 4) is 11.3 Å². The number of aliphatic hydroxyl groups is 1. The molecule has 8 heteroatoms. The lowest BCUT2D eigenvalue weighted by atomic mass is 10.1. The minimum absolute atomic E-state index is 0.341. The van der Waals surface area contributed by atoms with E-state index in [1.165, 1.54) is 16.6 Å². The summed E-state index contributed by atoms with van der Waals surface area (Å²) in [6.07, 6.45) is 1.56. The molecule has 1 unspecified atom stereocenters. The number of aromatic nitrogens is 3. The van der Waals surface area contributed by atoms with E-state index in [0.29, 0.717) is 22.7 Å². The third kappa shape index (κ3) is 2.97. The Balaban J connectivity index is 2.07. The molecule has 0 aliphatic carbocycles. The van der Waals surface area contributed by atoms with Crippen LogP contribution >= 0.6 is 0 Å². The van der Waals surface area contributed by atoms with Crippen molar-refractivity contribution in [1.82, 2.24) is 14.6 Å². The van der Waals surface area contributed by atoms with E-state index in [1.54, 1.807) is 30.5 Å². The molecule has 4 N–H and O–H groups in total. The normalized spacial score (nSPS) is 12.3. The second kappa shape index (κ2) is 6.01. The Hall–Kier alpha value is -3.00. The number of aliphatic hydroxyl groups excluding tert-OH is 1. The molecule has 3 rings (SSSR count). The van der Waals surface area contributed by atoms with Crippen LogP contribution in [0.3, 0.4) is 0 Å². The smallest absolute Gasteiger partial charge is 0.242 e. The quantitative estimate of drug-likeness (QED) is 0.645. The van der Waals surface area contributed by atoms with Crippen molar-refractivity contribution in [2.75, 3.05) is 11.9 Å². The molecule has 1 amide bonds. The maximum Gasteiger partial charge on any atom is 0.242 e. The van der Waals surface area contributed by atoms with Crippen molar-refractivity contribution in [3.63, 3.8) is 0 Å². The molecule has 0 aliphatic rings. The van der Waals surface area contributed by atoms with Gasteiger partial charge in [0.05, 0.1) is 18.5 Å². The molecule has 0 radical (unpaired) electrons. The average Bonchev–Trinajstić information content (AvgIpc) is 3.01. The lowest BCUT2D eigenvalue weighted by Gasteiger charge is -2.15. The Bertz CT molecular complexity index is 847.